The molecule has 1 aromatic rings. The van der Waals surface area contributed by atoms with E-state index < -0.39 is 0 Å². The molecule has 1 heterocycles. The van der Waals surface area contributed by atoms with Gasteiger partial charge in [0, 0.05) is 38.6 Å². The molecule has 0 radical (unpaired) electrons. The summed E-state index contributed by atoms with van der Waals surface area (Å²) < 4.78 is 5.24. The van der Waals surface area contributed by atoms with Gasteiger partial charge in [0.2, 0.25) is 5.91 Å². The van der Waals surface area contributed by atoms with Crippen molar-refractivity contribution in [2.24, 2.45) is 10.9 Å². The van der Waals surface area contributed by atoms with Crippen LogP contribution >= 0.6 is 0 Å². The number of nitrogens with one attached hydrogen (secondary N) is 2. The number of rotatable bonds is 5. The Hall–Kier alpha value is -2.24. The van der Waals surface area contributed by atoms with E-state index in [9.17, 15) is 4.79 Å². The molecule has 6 nitrogen and oxygen atoms in total. The Morgan fingerprint density at radius 1 is 1.46 bits per heavy atom. The zero-order chi connectivity index (χ0) is 17.5. The van der Waals surface area contributed by atoms with Gasteiger partial charge in [0.05, 0.1) is 7.11 Å². The number of amides is 1. The highest BCUT2D eigenvalue weighted by molar-refractivity contribution is 5.81. The predicted octanol–water partition coefficient (Wildman–Crippen LogP) is 1.62. The number of guanidine groups is 1. The monoisotopic (exact) mass is 332 g/mol. The van der Waals surface area contributed by atoms with E-state index in [4.69, 9.17) is 4.74 Å². The number of aliphatic imine (C=N–C) groups is 1. The number of ether oxygens (including phenoxy) is 1. The minimum absolute atomic E-state index is 0.0502. The molecule has 1 aromatic carbocycles. The van der Waals surface area contributed by atoms with Crippen molar-refractivity contribution in [2.75, 3.05) is 27.2 Å². The van der Waals surface area contributed by atoms with Crippen molar-refractivity contribution in [2.45, 2.75) is 32.9 Å². The molecule has 1 saturated heterocycles. The topological polar surface area (TPSA) is 66.0 Å². The van der Waals surface area contributed by atoms with Gasteiger partial charge in [-0.3, -0.25) is 9.79 Å². The van der Waals surface area contributed by atoms with Crippen molar-refractivity contribution < 1.29 is 9.53 Å². The van der Waals surface area contributed by atoms with Crippen LogP contribution in [0, 0.1) is 5.92 Å². The molecular weight excluding hydrogens is 304 g/mol. The lowest BCUT2D eigenvalue weighted by Gasteiger charge is -2.20. The Labute approximate surface area is 144 Å². The summed E-state index contributed by atoms with van der Waals surface area (Å²) in [6.07, 6.45) is 0.943. The lowest BCUT2D eigenvalue weighted by Crippen LogP contribution is -2.45. The molecule has 132 valence electrons. The Bertz CT molecular complexity index is 586. The maximum Gasteiger partial charge on any atom is 0.225 e. The SMILES string of the molecule is CN=C(NCc1cccc(OC)c1)NC1CCN(C(=O)C(C)C)C1. The Morgan fingerprint density at radius 3 is 2.92 bits per heavy atom. The highest BCUT2D eigenvalue weighted by Crippen LogP contribution is 2.13. The second-order valence-electron chi connectivity index (χ2n) is 6.35. The van der Waals surface area contributed by atoms with Crippen LogP contribution in [0.1, 0.15) is 25.8 Å². The van der Waals surface area contributed by atoms with Crippen molar-refractivity contribution in [3.63, 3.8) is 0 Å². The van der Waals surface area contributed by atoms with E-state index in [1.807, 2.05) is 43.0 Å². The molecule has 2 rings (SSSR count). The van der Waals surface area contributed by atoms with Gasteiger partial charge in [-0.05, 0) is 24.1 Å². The van der Waals surface area contributed by atoms with Crippen molar-refractivity contribution in [3.05, 3.63) is 29.8 Å². The Morgan fingerprint density at radius 2 is 2.25 bits per heavy atom. The van der Waals surface area contributed by atoms with Crippen LogP contribution in [0.4, 0.5) is 0 Å². The molecule has 2 N–H and O–H groups in total. The third-order valence-electron chi connectivity index (χ3n) is 4.15. The van der Waals surface area contributed by atoms with Crippen LogP contribution in [0.15, 0.2) is 29.3 Å². The number of hydrogen-bond acceptors (Lipinski definition) is 3. The van der Waals surface area contributed by atoms with Crippen molar-refractivity contribution in [3.8, 4) is 5.75 Å². The highest BCUT2D eigenvalue weighted by atomic mass is 16.5. The quantitative estimate of drug-likeness (QED) is 0.635. The van der Waals surface area contributed by atoms with Crippen molar-refractivity contribution in [1.82, 2.24) is 15.5 Å². The summed E-state index contributed by atoms with van der Waals surface area (Å²) >= 11 is 0. The van der Waals surface area contributed by atoms with E-state index in [0.29, 0.717) is 6.54 Å². The van der Waals surface area contributed by atoms with Crippen LogP contribution in [0.3, 0.4) is 0 Å². The molecule has 1 amide bonds. The van der Waals surface area contributed by atoms with Crippen LogP contribution in [-0.4, -0.2) is 50.1 Å². The fourth-order valence-electron chi connectivity index (χ4n) is 2.80. The number of carbonyl (C=O) groups is 1. The zero-order valence-electron chi connectivity index (χ0n) is 15.0. The second kappa shape index (κ2) is 8.57. The Balaban J connectivity index is 1.84. The first-order chi connectivity index (χ1) is 11.5. The second-order valence-corrected chi connectivity index (χ2v) is 6.35. The lowest BCUT2D eigenvalue weighted by atomic mass is 10.2. The molecule has 1 atom stereocenters. The molecule has 1 aliphatic rings. The molecule has 6 heteroatoms. The summed E-state index contributed by atoms with van der Waals surface area (Å²) in [5, 5.41) is 6.71. The summed E-state index contributed by atoms with van der Waals surface area (Å²) in [6, 6.07) is 8.18. The van der Waals surface area contributed by atoms with E-state index >= 15 is 0 Å². The number of hydrogen-bond donors (Lipinski definition) is 2. The first-order valence-electron chi connectivity index (χ1n) is 8.42. The van der Waals surface area contributed by atoms with Gasteiger partial charge >= 0.3 is 0 Å². The summed E-state index contributed by atoms with van der Waals surface area (Å²) in [4.78, 5) is 18.3. The number of methoxy groups -OCH3 is 1. The summed E-state index contributed by atoms with van der Waals surface area (Å²) in [6.45, 7) is 6.09. The van der Waals surface area contributed by atoms with Crippen LogP contribution in [0.25, 0.3) is 0 Å². The van der Waals surface area contributed by atoms with Crippen molar-refractivity contribution in [1.29, 1.82) is 0 Å². The van der Waals surface area contributed by atoms with Gasteiger partial charge in [-0.1, -0.05) is 26.0 Å². The van der Waals surface area contributed by atoms with Crippen LogP contribution in [0.2, 0.25) is 0 Å². The fourth-order valence-corrected chi connectivity index (χ4v) is 2.80. The lowest BCUT2D eigenvalue weighted by molar-refractivity contribution is -0.133. The molecule has 1 fully saturated rings. The molecule has 0 spiro atoms. The van der Waals surface area contributed by atoms with Crippen LogP contribution < -0.4 is 15.4 Å². The number of likely N-dealkylation sites (tertiary alicyclic amines) is 1. The van der Waals surface area contributed by atoms with E-state index in [0.717, 1.165) is 36.8 Å². The largest absolute Gasteiger partial charge is 0.497 e. The standard InChI is InChI=1S/C18H28N4O2/c1-13(2)17(23)22-9-8-15(12-22)21-18(19-3)20-11-14-6-5-7-16(10-14)24-4/h5-7,10,13,15H,8-9,11-12H2,1-4H3,(H2,19,20,21). The highest BCUT2D eigenvalue weighted by Gasteiger charge is 2.27. The van der Waals surface area contributed by atoms with E-state index in [1.54, 1.807) is 14.2 Å². The summed E-state index contributed by atoms with van der Waals surface area (Å²) in [5.41, 5.74) is 1.13. The van der Waals surface area contributed by atoms with Gasteiger partial charge in [0.15, 0.2) is 5.96 Å². The van der Waals surface area contributed by atoms with Gasteiger partial charge in [-0.2, -0.15) is 0 Å². The maximum absolute atomic E-state index is 12.1. The third-order valence-corrected chi connectivity index (χ3v) is 4.15. The molecule has 0 aliphatic carbocycles. The molecule has 0 saturated carbocycles. The van der Waals surface area contributed by atoms with E-state index in [1.165, 1.54) is 0 Å². The molecule has 0 bridgehead atoms. The van der Waals surface area contributed by atoms with Gasteiger partial charge in [0.25, 0.3) is 0 Å². The zero-order valence-corrected chi connectivity index (χ0v) is 15.0. The summed E-state index contributed by atoms with van der Waals surface area (Å²) in [7, 11) is 3.42. The van der Waals surface area contributed by atoms with E-state index in [2.05, 4.69) is 15.6 Å². The van der Waals surface area contributed by atoms with E-state index in [-0.39, 0.29) is 17.9 Å². The van der Waals surface area contributed by atoms with Crippen LogP contribution in [0.5, 0.6) is 5.75 Å². The predicted molar refractivity (Wildman–Crippen MR) is 96.2 cm³/mol. The normalized spacial score (nSPS) is 18.0. The van der Waals surface area contributed by atoms with Crippen molar-refractivity contribution >= 4 is 11.9 Å². The fraction of sp³-hybridized carbons (Fsp3) is 0.556. The summed E-state index contributed by atoms with van der Waals surface area (Å²) in [5.74, 6) is 1.87. The Kier molecular flexibility index (Phi) is 6.46. The maximum atomic E-state index is 12.1. The number of nitrogens with zero attached hydrogens (tertiary/aromatic N) is 2. The third kappa shape index (κ3) is 4.88. The van der Waals surface area contributed by atoms with Gasteiger partial charge in [-0.15, -0.1) is 0 Å². The minimum atomic E-state index is 0.0502. The number of carbonyl (C=O) groups excluding carboxylic acids is 1. The first kappa shape index (κ1) is 18.1. The molecule has 1 unspecified atom stereocenters. The molecular formula is C18H28N4O2. The number of benzene rings is 1. The smallest absolute Gasteiger partial charge is 0.225 e. The van der Waals surface area contributed by atoms with Gasteiger partial charge in [-0.25, -0.2) is 0 Å². The minimum Gasteiger partial charge on any atom is -0.497 e. The van der Waals surface area contributed by atoms with Gasteiger partial charge in [0.1, 0.15) is 5.75 Å². The molecule has 0 aromatic heterocycles. The first-order valence-corrected chi connectivity index (χ1v) is 8.42. The molecule has 24 heavy (non-hydrogen) atoms. The average Bonchev–Trinajstić information content (AvgIpc) is 3.06. The van der Waals surface area contributed by atoms with Crippen LogP contribution in [-0.2, 0) is 11.3 Å². The van der Waals surface area contributed by atoms with Gasteiger partial charge < -0.3 is 20.3 Å². The average molecular weight is 332 g/mol. The molecule has 1 aliphatic heterocycles.